The minimum Gasteiger partial charge on any atom is -0.262 e. The van der Waals surface area contributed by atoms with E-state index in [1.54, 1.807) is 0 Å². The first kappa shape index (κ1) is 10.9. The van der Waals surface area contributed by atoms with E-state index >= 15 is 0 Å². The fraction of sp³-hybridized carbons (Fsp3) is 0.417. The Morgan fingerprint density at radius 2 is 1.79 bits per heavy atom. The molecule has 0 atom stereocenters. The first-order valence-corrected chi connectivity index (χ1v) is 4.96. The summed E-state index contributed by atoms with van der Waals surface area (Å²) in [6.07, 6.45) is 0.597. The molecule has 14 heavy (non-hydrogen) atoms. The number of hydrogen-bond donors (Lipinski definition) is 0. The predicted octanol–water partition coefficient (Wildman–Crippen LogP) is 2.20. The standard InChI is InChI=1S/C12H18NO/c1-4-12(14)13(2,3)10-11-8-6-5-7-9-11/h5-9H,4,10H2,1-3H3/q+1. The van der Waals surface area contributed by atoms with Gasteiger partial charge >= 0.3 is 5.91 Å². The van der Waals surface area contributed by atoms with Crippen LogP contribution in [0.1, 0.15) is 18.9 Å². The molecule has 0 N–H and O–H groups in total. The SMILES string of the molecule is CCC(=O)[N+](C)(C)Cc1ccccc1. The minimum atomic E-state index is 0.272. The first-order chi connectivity index (χ1) is 6.56. The smallest absolute Gasteiger partial charge is 0.262 e. The zero-order valence-corrected chi connectivity index (χ0v) is 9.16. The van der Waals surface area contributed by atoms with Crippen LogP contribution in [0.4, 0.5) is 0 Å². The van der Waals surface area contributed by atoms with E-state index in [2.05, 4.69) is 12.1 Å². The topological polar surface area (TPSA) is 17.1 Å². The van der Waals surface area contributed by atoms with Gasteiger partial charge in [-0.25, -0.2) is 4.79 Å². The highest BCUT2D eigenvalue weighted by molar-refractivity contribution is 5.68. The lowest BCUT2D eigenvalue weighted by Gasteiger charge is -2.26. The number of benzene rings is 1. The van der Waals surface area contributed by atoms with Gasteiger partial charge in [-0.2, -0.15) is 0 Å². The monoisotopic (exact) mass is 192 g/mol. The number of hydrogen-bond acceptors (Lipinski definition) is 1. The van der Waals surface area contributed by atoms with Crippen molar-refractivity contribution >= 4 is 5.91 Å². The summed E-state index contributed by atoms with van der Waals surface area (Å²) in [6, 6.07) is 10.1. The maximum atomic E-state index is 11.6. The second-order valence-electron chi connectivity index (χ2n) is 4.08. The normalized spacial score (nSPS) is 11.4. The third-order valence-electron chi connectivity index (χ3n) is 2.40. The average molecular weight is 192 g/mol. The Morgan fingerprint density at radius 1 is 1.21 bits per heavy atom. The van der Waals surface area contributed by atoms with Crippen LogP contribution in [-0.2, 0) is 11.3 Å². The fourth-order valence-corrected chi connectivity index (χ4v) is 1.56. The van der Waals surface area contributed by atoms with Crippen molar-refractivity contribution in [2.75, 3.05) is 14.1 Å². The molecule has 0 radical (unpaired) electrons. The molecule has 0 aromatic heterocycles. The second-order valence-corrected chi connectivity index (χ2v) is 4.08. The highest BCUT2D eigenvalue weighted by Crippen LogP contribution is 2.10. The van der Waals surface area contributed by atoms with E-state index in [0.717, 1.165) is 6.54 Å². The lowest BCUT2D eigenvalue weighted by molar-refractivity contribution is -0.827. The van der Waals surface area contributed by atoms with Gasteiger partial charge in [-0.15, -0.1) is 0 Å². The summed E-state index contributed by atoms with van der Waals surface area (Å²) in [5, 5.41) is 0. The summed E-state index contributed by atoms with van der Waals surface area (Å²) in [6.45, 7) is 2.68. The molecule has 0 unspecified atom stereocenters. The second kappa shape index (κ2) is 4.38. The zero-order valence-electron chi connectivity index (χ0n) is 9.16. The number of carbonyl (C=O) groups excluding carboxylic acids is 1. The Morgan fingerprint density at radius 3 is 2.29 bits per heavy atom. The number of carbonyl (C=O) groups is 1. The molecule has 2 nitrogen and oxygen atoms in total. The largest absolute Gasteiger partial charge is 0.313 e. The molecule has 0 spiro atoms. The van der Waals surface area contributed by atoms with Gasteiger partial charge in [-0.1, -0.05) is 37.3 Å². The van der Waals surface area contributed by atoms with Crippen LogP contribution in [0.5, 0.6) is 0 Å². The molecular weight excluding hydrogens is 174 g/mol. The Labute approximate surface area is 85.8 Å². The van der Waals surface area contributed by atoms with E-state index in [1.165, 1.54) is 5.56 Å². The van der Waals surface area contributed by atoms with Crippen LogP contribution in [-0.4, -0.2) is 24.5 Å². The zero-order chi connectivity index (χ0) is 10.6. The molecule has 0 saturated heterocycles. The van der Waals surface area contributed by atoms with Gasteiger partial charge in [0.25, 0.3) is 0 Å². The van der Waals surface area contributed by atoms with Crippen LogP contribution in [0.2, 0.25) is 0 Å². The molecule has 0 aliphatic rings. The van der Waals surface area contributed by atoms with Crippen LogP contribution in [0.15, 0.2) is 30.3 Å². The first-order valence-electron chi connectivity index (χ1n) is 4.96. The Bertz CT molecular complexity index is 303. The van der Waals surface area contributed by atoms with E-state index in [1.807, 2.05) is 39.2 Å². The third kappa shape index (κ3) is 2.67. The van der Waals surface area contributed by atoms with Gasteiger partial charge in [0, 0.05) is 5.56 Å². The predicted molar refractivity (Wildman–Crippen MR) is 57.6 cm³/mol. The number of quaternary nitrogens is 1. The molecule has 0 aliphatic heterocycles. The van der Waals surface area contributed by atoms with Crippen molar-refractivity contribution in [1.29, 1.82) is 0 Å². The Kier molecular flexibility index (Phi) is 3.42. The molecule has 0 fully saturated rings. The maximum absolute atomic E-state index is 11.6. The molecule has 0 heterocycles. The highest BCUT2D eigenvalue weighted by atomic mass is 16.2. The van der Waals surface area contributed by atoms with Crippen LogP contribution >= 0.6 is 0 Å². The highest BCUT2D eigenvalue weighted by Gasteiger charge is 2.24. The van der Waals surface area contributed by atoms with E-state index in [0.29, 0.717) is 10.9 Å². The molecule has 1 rings (SSSR count). The van der Waals surface area contributed by atoms with Crippen LogP contribution < -0.4 is 0 Å². The van der Waals surface area contributed by atoms with Gasteiger partial charge in [0.1, 0.15) is 6.54 Å². The maximum Gasteiger partial charge on any atom is 0.313 e. The Balaban J connectivity index is 2.73. The van der Waals surface area contributed by atoms with Crippen molar-refractivity contribution in [2.45, 2.75) is 19.9 Å². The van der Waals surface area contributed by atoms with E-state index in [9.17, 15) is 4.79 Å². The van der Waals surface area contributed by atoms with E-state index < -0.39 is 0 Å². The average Bonchev–Trinajstić information content (AvgIpc) is 2.17. The molecule has 1 amide bonds. The molecule has 0 saturated carbocycles. The van der Waals surface area contributed by atoms with Gasteiger partial charge < -0.3 is 0 Å². The molecule has 1 aromatic rings. The van der Waals surface area contributed by atoms with Gasteiger partial charge in [0.2, 0.25) is 0 Å². The summed E-state index contributed by atoms with van der Waals surface area (Å²) in [4.78, 5) is 11.6. The van der Waals surface area contributed by atoms with Gasteiger partial charge in [-0.05, 0) is 0 Å². The summed E-state index contributed by atoms with van der Waals surface area (Å²) >= 11 is 0. The summed E-state index contributed by atoms with van der Waals surface area (Å²) in [7, 11) is 3.91. The third-order valence-corrected chi connectivity index (χ3v) is 2.40. The van der Waals surface area contributed by atoms with Gasteiger partial charge in [-0.3, -0.25) is 4.48 Å². The van der Waals surface area contributed by atoms with Crippen molar-refractivity contribution in [2.24, 2.45) is 0 Å². The van der Waals surface area contributed by atoms with Crippen molar-refractivity contribution in [3.63, 3.8) is 0 Å². The minimum absolute atomic E-state index is 0.272. The lowest BCUT2D eigenvalue weighted by atomic mass is 10.2. The van der Waals surface area contributed by atoms with E-state index in [-0.39, 0.29) is 5.91 Å². The number of nitrogens with zero attached hydrogens (tertiary/aromatic N) is 1. The van der Waals surface area contributed by atoms with Crippen molar-refractivity contribution in [3.8, 4) is 0 Å². The summed E-state index contributed by atoms with van der Waals surface area (Å²) < 4.78 is 0.431. The Hall–Kier alpha value is -1.15. The summed E-state index contributed by atoms with van der Waals surface area (Å²) in [5.41, 5.74) is 1.21. The van der Waals surface area contributed by atoms with Gasteiger partial charge in [0.05, 0.1) is 20.5 Å². The van der Waals surface area contributed by atoms with Crippen LogP contribution in [0.3, 0.4) is 0 Å². The van der Waals surface area contributed by atoms with Crippen LogP contribution in [0.25, 0.3) is 0 Å². The number of amides is 1. The number of rotatable bonds is 3. The van der Waals surface area contributed by atoms with E-state index in [4.69, 9.17) is 0 Å². The van der Waals surface area contributed by atoms with Crippen molar-refractivity contribution in [3.05, 3.63) is 35.9 Å². The molecule has 0 aliphatic carbocycles. The van der Waals surface area contributed by atoms with Crippen molar-refractivity contribution < 1.29 is 9.28 Å². The molecule has 76 valence electrons. The van der Waals surface area contributed by atoms with Crippen molar-refractivity contribution in [1.82, 2.24) is 0 Å². The molecule has 1 aromatic carbocycles. The molecule has 2 heteroatoms. The molecular formula is C12H18NO+. The van der Waals surface area contributed by atoms with Crippen LogP contribution in [0, 0.1) is 0 Å². The quantitative estimate of drug-likeness (QED) is 0.671. The summed E-state index contributed by atoms with van der Waals surface area (Å²) in [5.74, 6) is 0.272. The fourth-order valence-electron chi connectivity index (χ4n) is 1.56. The van der Waals surface area contributed by atoms with Gasteiger partial charge in [0.15, 0.2) is 0 Å². The lowest BCUT2D eigenvalue weighted by Crippen LogP contribution is -2.44. The molecule has 0 bridgehead atoms.